The van der Waals surface area contributed by atoms with Crippen LogP contribution < -0.4 is 5.32 Å². The van der Waals surface area contributed by atoms with Crippen LogP contribution in [0, 0.1) is 0 Å². The van der Waals surface area contributed by atoms with Gasteiger partial charge in [-0.05, 0) is 13.8 Å². The van der Waals surface area contributed by atoms with Gasteiger partial charge in [-0.3, -0.25) is 4.79 Å². The van der Waals surface area contributed by atoms with E-state index >= 15 is 0 Å². The molecule has 0 aromatic carbocycles. The van der Waals surface area contributed by atoms with Crippen LogP contribution in [-0.2, 0) is 9.53 Å². The highest BCUT2D eigenvalue weighted by molar-refractivity contribution is 5.82. The highest BCUT2D eigenvalue weighted by Gasteiger charge is 2.47. The Labute approximate surface area is 95.6 Å². The molecule has 0 bridgehead atoms. The zero-order valence-corrected chi connectivity index (χ0v) is 9.28. The van der Waals surface area contributed by atoms with E-state index in [2.05, 4.69) is 0 Å². The number of aliphatic hydroxyl groups excluding tert-OH is 1. The largest absolute Gasteiger partial charge is 0.471 e. The first-order valence-corrected chi connectivity index (χ1v) is 4.95. The number of alkyl halides is 3. The van der Waals surface area contributed by atoms with Crippen molar-refractivity contribution in [2.24, 2.45) is 0 Å². The lowest BCUT2D eigenvalue weighted by Crippen LogP contribution is -2.53. The first kappa shape index (κ1) is 14.2. The van der Waals surface area contributed by atoms with Crippen molar-refractivity contribution in [2.45, 2.75) is 50.5 Å². The fourth-order valence-electron chi connectivity index (χ4n) is 1.70. The van der Waals surface area contributed by atoms with Gasteiger partial charge in [-0.15, -0.1) is 0 Å². The summed E-state index contributed by atoms with van der Waals surface area (Å²) in [5.41, 5.74) is -1.47. The normalized spacial score (nSPS) is 30.4. The van der Waals surface area contributed by atoms with E-state index in [1.54, 1.807) is 5.32 Å². The molecule has 1 saturated heterocycles. The topological polar surface area (TPSA) is 78.8 Å². The Kier molecular flexibility index (Phi) is 3.70. The smallest absolute Gasteiger partial charge is 0.388 e. The Balaban J connectivity index is 2.73. The molecule has 1 rings (SSSR count). The maximum atomic E-state index is 12.0. The SMILES string of the molecule is CC(C)(O)[C@@H]1OC(O)C[C@@H]1NC(=O)C(F)(F)F. The summed E-state index contributed by atoms with van der Waals surface area (Å²) in [5, 5.41) is 20.5. The van der Waals surface area contributed by atoms with Gasteiger partial charge in [0.1, 0.15) is 6.10 Å². The molecular weight excluding hydrogens is 243 g/mol. The van der Waals surface area contributed by atoms with E-state index in [1.165, 1.54) is 13.8 Å². The summed E-state index contributed by atoms with van der Waals surface area (Å²) in [6, 6.07) is -1.08. The number of carbonyl (C=O) groups excluding carboxylic acids is 1. The summed E-state index contributed by atoms with van der Waals surface area (Å²) < 4.78 is 41.0. The Morgan fingerprint density at radius 1 is 1.41 bits per heavy atom. The van der Waals surface area contributed by atoms with Crippen LogP contribution >= 0.6 is 0 Å². The Hall–Kier alpha value is -0.860. The molecule has 8 heteroatoms. The van der Waals surface area contributed by atoms with Crippen molar-refractivity contribution in [3.8, 4) is 0 Å². The number of aliphatic hydroxyl groups is 2. The molecular formula is C9H14F3NO4. The molecule has 1 unspecified atom stereocenters. The van der Waals surface area contributed by atoms with Crippen LogP contribution in [0.25, 0.3) is 0 Å². The van der Waals surface area contributed by atoms with Crippen LogP contribution in [0.5, 0.6) is 0 Å². The van der Waals surface area contributed by atoms with Crippen molar-refractivity contribution in [1.29, 1.82) is 0 Å². The van der Waals surface area contributed by atoms with Gasteiger partial charge in [0, 0.05) is 6.42 Å². The van der Waals surface area contributed by atoms with Crippen molar-refractivity contribution in [3.63, 3.8) is 0 Å². The van der Waals surface area contributed by atoms with Crippen molar-refractivity contribution < 1.29 is 32.9 Å². The molecule has 17 heavy (non-hydrogen) atoms. The van der Waals surface area contributed by atoms with Gasteiger partial charge < -0.3 is 20.3 Å². The Bertz CT molecular complexity index is 300. The van der Waals surface area contributed by atoms with Crippen LogP contribution in [0.1, 0.15) is 20.3 Å². The van der Waals surface area contributed by atoms with E-state index in [1.807, 2.05) is 0 Å². The van der Waals surface area contributed by atoms with Crippen LogP contribution in [0.4, 0.5) is 13.2 Å². The molecule has 3 atom stereocenters. The second-order valence-corrected chi connectivity index (χ2v) is 4.48. The standard InChI is InChI=1S/C9H14F3NO4/c1-8(2,16)6-4(3-5(14)17-6)13-7(15)9(10,11)12/h4-6,14,16H,3H2,1-2H3,(H,13,15)/t4-,5?,6+/m0/s1. The molecule has 1 aliphatic heterocycles. The molecule has 1 fully saturated rings. The lowest BCUT2D eigenvalue weighted by Gasteiger charge is -2.30. The number of rotatable bonds is 2. The minimum Gasteiger partial charge on any atom is -0.388 e. The third-order valence-corrected chi connectivity index (χ3v) is 2.39. The lowest BCUT2D eigenvalue weighted by molar-refractivity contribution is -0.176. The predicted molar refractivity (Wildman–Crippen MR) is 49.8 cm³/mol. The van der Waals surface area contributed by atoms with Crippen molar-refractivity contribution in [3.05, 3.63) is 0 Å². The minimum atomic E-state index is -5.00. The molecule has 1 amide bonds. The van der Waals surface area contributed by atoms with Gasteiger partial charge in [0.05, 0.1) is 11.6 Å². The summed E-state index contributed by atoms with van der Waals surface area (Å²) in [7, 11) is 0. The predicted octanol–water partition coefficient (Wildman–Crippen LogP) is -0.0883. The fraction of sp³-hybridized carbons (Fsp3) is 0.889. The molecule has 0 radical (unpaired) electrons. The van der Waals surface area contributed by atoms with Crippen LogP contribution in [0.15, 0.2) is 0 Å². The average Bonchev–Trinajstić information content (AvgIpc) is 2.44. The average molecular weight is 257 g/mol. The van der Waals surface area contributed by atoms with Crippen molar-refractivity contribution >= 4 is 5.91 Å². The number of amides is 1. The highest BCUT2D eigenvalue weighted by Crippen LogP contribution is 2.28. The first-order valence-electron chi connectivity index (χ1n) is 4.95. The van der Waals surface area contributed by atoms with E-state index in [-0.39, 0.29) is 6.42 Å². The van der Waals surface area contributed by atoms with Crippen molar-refractivity contribution in [2.75, 3.05) is 0 Å². The molecule has 0 saturated carbocycles. The van der Waals surface area contributed by atoms with E-state index in [0.717, 1.165) is 0 Å². The minimum absolute atomic E-state index is 0.198. The second-order valence-electron chi connectivity index (χ2n) is 4.48. The van der Waals surface area contributed by atoms with Crippen molar-refractivity contribution in [1.82, 2.24) is 5.32 Å². The van der Waals surface area contributed by atoms with E-state index in [9.17, 15) is 28.2 Å². The van der Waals surface area contributed by atoms with E-state index in [0.29, 0.717) is 0 Å². The number of carbonyl (C=O) groups is 1. The molecule has 0 aromatic heterocycles. The van der Waals surface area contributed by atoms with Crippen LogP contribution in [0.2, 0.25) is 0 Å². The number of ether oxygens (including phenoxy) is 1. The van der Waals surface area contributed by atoms with Gasteiger partial charge in [-0.2, -0.15) is 13.2 Å². The molecule has 0 spiro atoms. The number of hydrogen-bond donors (Lipinski definition) is 3. The van der Waals surface area contributed by atoms with Crippen LogP contribution in [-0.4, -0.2) is 46.3 Å². The Morgan fingerprint density at radius 3 is 2.35 bits per heavy atom. The first-order chi connectivity index (χ1) is 7.51. The monoisotopic (exact) mass is 257 g/mol. The molecule has 0 aliphatic carbocycles. The zero-order chi connectivity index (χ0) is 13.4. The van der Waals surface area contributed by atoms with Gasteiger partial charge in [0.2, 0.25) is 0 Å². The summed E-state index contributed by atoms with van der Waals surface area (Å²) in [4.78, 5) is 10.7. The highest BCUT2D eigenvalue weighted by atomic mass is 19.4. The maximum Gasteiger partial charge on any atom is 0.471 e. The van der Waals surface area contributed by atoms with Gasteiger partial charge in [-0.1, -0.05) is 0 Å². The van der Waals surface area contributed by atoms with Crippen LogP contribution in [0.3, 0.4) is 0 Å². The molecule has 1 heterocycles. The van der Waals surface area contributed by atoms with Gasteiger partial charge in [0.25, 0.3) is 0 Å². The Morgan fingerprint density at radius 2 is 1.94 bits per heavy atom. The summed E-state index contributed by atoms with van der Waals surface area (Å²) >= 11 is 0. The third kappa shape index (κ3) is 3.55. The molecule has 5 nitrogen and oxygen atoms in total. The van der Waals surface area contributed by atoms with Gasteiger partial charge in [-0.25, -0.2) is 0 Å². The van der Waals surface area contributed by atoms with E-state index in [4.69, 9.17) is 4.74 Å². The number of hydrogen-bond acceptors (Lipinski definition) is 4. The number of nitrogens with one attached hydrogen (secondary N) is 1. The van der Waals surface area contributed by atoms with E-state index < -0.39 is 36.1 Å². The zero-order valence-electron chi connectivity index (χ0n) is 9.28. The summed E-state index contributed by atoms with van der Waals surface area (Å²) in [6.45, 7) is 2.64. The summed E-state index contributed by atoms with van der Waals surface area (Å²) in [6.07, 6.45) is -7.59. The summed E-state index contributed by atoms with van der Waals surface area (Å²) in [5.74, 6) is -2.12. The number of halogens is 3. The second kappa shape index (κ2) is 4.43. The van der Waals surface area contributed by atoms with Gasteiger partial charge in [0.15, 0.2) is 6.29 Å². The molecule has 0 aromatic rings. The molecule has 100 valence electrons. The lowest BCUT2D eigenvalue weighted by atomic mass is 9.95. The fourth-order valence-corrected chi connectivity index (χ4v) is 1.70. The van der Waals surface area contributed by atoms with Gasteiger partial charge >= 0.3 is 12.1 Å². The molecule has 1 aliphatic rings. The molecule has 3 N–H and O–H groups in total. The third-order valence-electron chi connectivity index (χ3n) is 2.39. The maximum absolute atomic E-state index is 12.0. The quantitative estimate of drug-likeness (QED) is 0.646.